The highest BCUT2D eigenvalue weighted by molar-refractivity contribution is 7.88. The van der Waals surface area contributed by atoms with Gasteiger partial charge in [-0.2, -0.15) is 5.10 Å². The topological polar surface area (TPSA) is 80.1 Å². The summed E-state index contributed by atoms with van der Waals surface area (Å²) in [6, 6.07) is 3.96. The summed E-state index contributed by atoms with van der Waals surface area (Å²) >= 11 is 0. The van der Waals surface area contributed by atoms with Gasteiger partial charge in [-0.25, -0.2) is 13.1 Å². The van der Waals surface area contributed by atoms with Crippen LogP contribution in [-0.4, -0.2) is 53.0 Å². The number of nitrogens with one attached hydrogen (secondary N) is 1. The molecule has 1 fully saturated rings. The lowest BCUT2D eigenvalue weighted by molar-refractivity contribution is 0.230. The largest absolute Gasteiger partial charge is 0.294 e. The van der Waals surface area contributed by atoms with Gasteiger partial charge in [0.2, 0.25) is 10.0 Å². The second-order valence-corrected chi connectivity index (χ2v) is 8.19. The summed E-state index contributed by atoms with van der Waals surface area (Å²) in [7, 11) is -1.34. The molecule has 2 aromatic rings. The Labute approximate surface area is 142 Å². The van der Waals surface area contributed by atoms with E-state index in [0.717, 1.165) is 37.1 Å². The first kappa shape index (κ1) is 17.1. The highest BCUT2D eigenvalue weighted by Crippen LogP contribution is 2.24. The smallest absolute Gasteiger partial charge is 0.209 e. The van der Waals surface area contributed by atoms with E-state index in [-0.39, 0.29) is 12.1 Å². The molecule has 0 aromatic carbocycles. The van der Waals surface area contributed by atoms with Gasteiger partial charge >= 0.3 is 0 Å². The fourth-order valence-electron chi connectivity index (χ4n) is 3.35. The van der Waals surface area contributed by atoms with E-state index in [2.05, 4.69) is 19.7 Å². The molecule has 0 amide bonds. The van der Waals surface area contributed by atoms with Crippen molar-refractivity contribution < 1.29 is 8.42 Å². The van der Waals surface area contributed by atoms with Crippen LogP contribution in [-0.2, 0) is 30.0 Å². The number of nitrogens with zero attached hydrogens (tertiary/aromatic N) is 4. The van der Waals surface area contributed by atoms with Gasteiger partial charge in [0.25, 0.3) is 0 Å². The fraction of sp³-hybridized carbons (Fsp3) is 0.500. The van der Waals surface area contributed by atoms with Crippen molar-refractivity contribution in [3.05, 3.63) is 48.0 Å². The summed E-state index contributed by atoms with van der Waals surface area (Å²) in [5.41, 5.74) is 2.24. The molecule has 0 unspecified atom stereocenters. The molecule has 7 nitrogen and oxygen atoms in total. The third-order valence-electron chi connectivity index (χ3n) is 4.34. The summed E-state index contributed by atoms with van der Waals surface area (Å²) in [6.07, 6.45) is 10.2. The van der Waals surface area contributed by atoms with Crippen LogP contribution in [0.3, 0.4) is 0 Å². The highest BCUT2D eigenvalue weighted by atomic mass is 32.2. The third kappa shape index (κ3) is 4.40. The van der Waals surface area contributed by atoms with E-state index in [1.54, 1.807) is 10.9 Å². The van der Waals surface area contributed by atoms with Gasteiger partial charge in [0.1, 0.15) is 0 Å². The van der Waals surface area contributed by atoms with Gasteiger partial charge in [0, 0.05) is 56.4 Å². The highest BCUT2D eigenvalue weighted by Gasteiger charge is 2.35. The monoisotopic (exact) mass is 349 g/mol. The molecular weight excluding hydrogens is 326 g/mol. The van der Waals surface area contributed by atoms with Crippen molar-refractivity contribution >= 4 is 10.0 Å². The van der Waals surface area contributed by atoms with Gasteiger partial charge < -0.3 is 0 Å². The van der Waals surface area contributed by atoms with Crippen LogP contribution in [0.2, 0.25) is 0 Å². The summed E-state index contributed by atoms with van der Waals surface area (Å²) in [4.78, 5) is 6.49. The number of rotatable bonds is 6. The average Bonchev–Trinajstić information content (AvgIpc) is 3.07. The van der Waals surface area contributed by atoms with E-state index in [4.69, 9.17) is 0 Å². The number of likely N-dealkylation sites (tertiary alicyclic amines) is 1. The van der Waals surface area contributed by atoms with Crippen molar-refractivity contribution in [3.8, 4) is 0 Å². The number of aryl methyl sites for hydroxylation is 1. The predicted octanol–water partition coefficient (Wildman–Crippen LogP) is 0.550. The van der Waals surface area contributed by atoms with Crippen molar-refractivity contribution in [1.82, 2.24) is 24.4 Å². The maximum atomic E-state index is 11.7. The Morgan fingerprint density at radius 1 is 1.33 bits per heavy atom. The minimum absolute atomic E-state index is 0.0862. The summed E-state index contributed by atoms with van der Waals surface area (Å²) in [5.74, 6) is 0. The first-order chi connectivity index (χ1) is 11.4. The molecule has 0 saturated carbocycles. The van der Waals surface area contributed by atoms with E-state index < -0.39 is 10.0 Å². The van der Waals surface area contributed by atoms with E-state index in [9.17, 15) is 8.42 Å². The van der Waals surface area contributed by atoms with Crippen LogP contribution < -0.4 is 4.72 Å². The molecular formula is C16H23N5O2S. The van der Waals surface area contributed by atoms with Crippen LogP contribution in [0.1, 0.15) is 17.5 Å². The molecule has 130 valence electrons. The van der Waals surface area contributed by atoms with Crippen LogP contribution in [0.15, 0.2) is 36.9 Å². The third-order valence-corrected chi connectivity index (χ3v) is 5.07. The lowest BCUT2D eigenvalue weighted by Gasteiger charge is -2.28. The zero-order chi connectivity index (χ0) is 17.2. The quantitative estimate of drug-likeness (QED) is 0.824. The molecule has 2 aromatic heterocycles. The molecule has 0 aliphatic carbocycles. The Bertz CT molecular complexity index is 775. The zero-order valence-electron chi connectivity index (χ0n) is 14.0. The number of sulfonamides is 1. The van der Waals surface area contributed by atoms with Gasteiger partial charge in [0.05, 0.1) is 12.5 Å². The number of pyridine rings is 1. The number of hydrogen-bond acceptors (Lipinski definition) is 5. The van der Waals surface area contributed by atoms with Crippen molar-refractivity contribution in [2.75, 3.05) is 12.8 Å². The van der Waals surface area contributed by atoms with Crippen molar-refractivity contribution in [1.29, 1.82) is 0 Å². The molecule has 0 radical (unpaired) electrons. The van der Waals surface area contributed by atoms with Crippen molar-refractivity contribution in [2.45, 2.75) is 31.5 Å². The average molecular weight is 349 g/mol. The second-order valence-electron chi connectivity index (χ2n) is 6.41. The fourth-order valence-corrected chi connectivity index (χ4v) is 4.17. The van der Waals surface area contributed by atoms with Crippen molar-refractivity contribution in [2.24, 2.45) is 7.05 Å². The number of aromatic nitrogens is 3. The Balaban J connectivity index is 1.78. The molecule has 1 aliphatic heterocycles. The lowest BCUT2D eigenvalue weighted by atomic mass is 10.0. The van der Waals surface area contributed by atoms with Gasteiger partial charge in [-0.3, -0.25) is 14.6 Å². The Kier molecular flexibility index (Phi) is 4.98. The van der Waals surface area contributed by atoms with Crippen molar-refractivity contribution in [3.63, 3.8) is 0 Å². The molecule has 2 atom stereocenters. The summed E-state index contributed by atoms with van der Waals surface area (Å²) in [5, 5.41) is 4.21. The summed E-state index contributed by atoms with van der Waals surface area (Å²) < 4.78 is 28.0. The molecule has 3 heterocycles. The van der Waals surface area contributed by atoms with Crippen LogP contribution in [0.4, 0.5) is 0 Å². The number of hydrogen-bond donors (Lipinski definition) is 1. The first-order valence-electron chi connectivity index (χ1n) is 7.98. The summed E-state index contributed by atoms with van der Waals surface area (Å²) in [6.45, 7) is 1.62. The van der Waals surface area contributed by atoms with E-state index in [0.29, 0.717) is 0 Å². The normalized spacial score (nSPS) is 22.1. The zero-order valence-corrected chi connectivity index (χ0v) is 14.8. The first-order valence-corrected chi connectivity index (χ1v) is 9.87. The van der Waals surface area contributed by atoms with Crippen LogP contribution in [0, 0.1) is 0 Å². The predicted molar refractivity (Wildman–Crippen MR) is 91.7 cm³/mol. The minimum Gasteiger partial charge on any atom is -0.294 e. The van der Waals surface area contributed by atoms with Gasteiger partial charge in [-0.1, -0.05) is 6.07 Å². The maximum absolute atomic E-state index is 11.7. The molecule has 3 rings (SSSR count). The standard InChI is InChI=1S/C16H23N5O2S/c1-20-11-14(10-18-20)12-21-7-5-15(19-24(2,22)23)16(21)8-13-4-3-6-17-9-13/h3-4,6,9-11,15-16,19H,5,7-8,12H2,1-2H3/t15-,16+/m1/s1. The maximum Gasteiger partial charge on any atom is 0.209 e. The molecule has 0 bridgehead atoms. The lowest BCUT2D eigenvalue weighted by Crippen LogP contribution is -2.45. The van der Waals surface area contributed by atoms with Crippen LogP contribution >= 0.6 is 0 Å². The Morgan fingerprint density at radius 3 is 2.79 bits per heavy atom. The van der Waals surface area contributed by atoms with E-state index >= 15 is 0 Å². The second kappa shape index (κ2) is 7.00. The minimum atomic E-state index is -3.23. The van der Waals surface area contributed by atoms with E-state index in [1.807, 2.05) is 37.8 Å². The van der Waals surface area contributed by atoms with E-state index in [1.165, 1.54) is 6.26 Å². The molecule has 1 saturated heterocycles. The molecule has 0 spiro atoms. The van der Waals surface area contributed by atoms with Gasteiger partial charge in [-0.15, -0.1) is 0 Å². The molecule has 24 heavy (non-hydrogen) atoms. The van der Waals surface area contributed by atoms with Gasteiger partial charge in [-0.05, 0) is 24.5 Å². The molecule has 8 heteroatoms. The van der Waals surface area contributed by atoms with Crippen LogP contribution in [0.25, 0.3) is 0 Å². The van der Waals surface area contributed by atoms with Crippen LogP contribution in [0.5, 0.6) is 0 Å². The molecule has 1 N–H and O–H groups in total. The Hall–Kier alpha value is -1.77. The Morgan fingerprint density at radius 2 is 2.17 bits per heavy atom. The SMILES string of the molecule is Cn1cc(CN2CC[C@@H](NS(C)(=O)=O)[C@@H]2Cc2cccnc2)cn1. The molecule has 1 aliphatic rings. The van der Waals surface area contributed by atoms with Gasteiger partial charge in [0.15, 0.2) is 0 Å².